The predicted molar refractivity (Wildman–Crippen MR) is 86.0 cm³/mol. The van der Waals surface area contributed by atoms with Crippen molar-refractivity contribution in [2.75, 3.05) is 4.72 Å². The quantitative estimate of drug-likeness (QED) is 0.766. The van der Waals surface area contributed by atoms with Crippen molar-refractivity contribution in [3.05, 3.63) is 59.5 Å². The monoisotopic (exact) mass is 333 g/mol. The van der Waals surface area contributed by atoms with E-state index in [4.69, 9.17) is 0 Å². The van der Waals surface area contributed by atoms with E-state index in [9.17, 15) is 18.3 Å². The minimum atomic E-state index is -3.79. The molecule has 5 nitrogen and oxygen atoms in total. The Bertz CT molecular complexity index is 947. The van der Waals surface area contributed by atoms with Crippen LogP contribution >= 0.6 is 11.3 Å². The lowest BCUT2D eigenvalue weighted by molar-refractivity contribution is 0.0698. The number of anilines is 1. The Morgan fingerprint density at radius 2 is 1.73 bits per heavy atom. The van der Waals surface area contributed by atoms with Gasteiger partial charge in [0.15, 0.2) is 0 Å². The molecular formula is C15H11NO4S2. The zero-order valence-electron chi connectivity index (χ0n) is 11.2. The normalized spacial score (nSPS) is 11.5. The third kappa shape index (κ3) is 2.68. The number of thiophene rings is 1. The molecule has 0 saturated heterocycles. The number of benzene rings is 2. The summed E-state index contributed by atoms with van der Waals surface area (Å²) < 4.78 is 27.1. The van der Waals surface area contributed by atoms with Crippen molar-refractivity contribution < 1.29 is 18.3 Å². The van der Waals surface area contributed by atoms with Crippen LogP contribution in [0.3, 0.4) is 0 Å². The standard InChI is InChI=1S/C15H11NO4S2/c17-15(18)12-8-10-4-1-2-5-11(10)9-13(12)16-22(19,20)14-6-3-7-21-14/h1-9,16H,(H,17,18). The maximum absolute atomic E-state index is 12.3. The van der Waals surface area contributed by atoms with Gasteiger partial charge in [-0.2, -0.15) is 0 Å². The van der Waals surface area contributed by atoms with Crippen LogP contribution in [0.15, 0.2) is 58.1 Å². The zero-order chi connectivity index (χ0) is 15.7. The third-order valence-electron chi connectivity index (χ3n) is 3.12. The van der Waals surface area contributed by atoms with Crippen molar-refractivity contribution in [2.45, 2.75) is 4.21 Å². The Morgan fingerprint density at radius 3 is 2.32 bits per heavy atom. The van der Waals surface area contributed by atoms with Crippen LogP contribution in [0.5, 0.6) is 0 Å². The summed E-state index contributed by atoms with van der Waals surface area (Å²) in [5.41, 5.74) is -0.0292. The van der Waals surface area contributed by atoms with Gasteiger partial charge in [-0.1, -0.05) is 30.3 Å². The largest absolute Gasteiger partial charge is 0.478 e. The highest BCUT2D eigenvalue weighted by Gasteiger charge is 2.20. The van der Waals surface area contributed by atoms with E-state index in [1.807, 2.05) is 0 Å². The van der Waals surface area contributed by atoms with E-state index in [0.717, 1.165) is 22.1 Å². The molecule has 22 heavy (non-hydrogen) atoms. The van der Waals surface area contributed by atoms with Gasteiger partial charge in [-0.3, -0.25) is 4.72 Å². The summed E-state index contributed by atoms with van der Waals surface area (Å²) in [7, 11) is -3.79. The van der Waals surface area contributed by atoms with Crippen LogP contribution in [0.4, 0.5) is 5.69 Å². The third-order valence-corrected chi connectivity index (χ3v) is 5.88. The van der Waals surface area contributed by atoms with Gasteiger partial charge < -0.3 is 5.11 Å². The molecule has 0 amide bonds. The average Bonchev–Trinajstić information content (AvgIpc) is 3.01. The van der Waals surface area contributed by atoms with Gasteiger partial charge >= 0.3 is 5.97 Å². The number of sulfonamides is 1. The second kappa shape index (κ2) is 5.43. The molecule has 1 aromatic heterocycles. The van der Waals surface area contributed by atoms with E-state index in [0.29, 0.717) is 0 Å². The number of rotatable bonds is 4. The molecule has 1 heterocycles. The van der Waals surface area contributed by atoms with Crippen LogP contribution in [-0.4, -0.2) is 19.5 Å². The van der Waals surface area contributed by atoms with Crippen LogP contribution in [0.2, 0.25) is 0 Å². The first-order valence-corrected chi connectivity index (χ1v) is 8.66. The van der Waals surface area contributed by atoms with Crippen molar-refractivity contribution in [1.29, 1.82) is 0 Å². The first kappa shape index (κ1) is 14.6. The van der Waals surface area contributed by atoms with Crippen molar-refractivity contribution >= 4 is 43.8 Å². The van der Waals surface area contributed by atoms with Gasteiger partial charge in [0, 0.05) is 0 Å². The van der Waals surface area contributed by atoms with Crippen LogP contribution in [-0.2, 0) is 10.0 Å². The minimum Gasteiger partial charge on any atom is -0.478 e. The van der Waals surface area contributed by atoms with Crippen molar-refractivity contribution in [1.82, 2.24) is 0 Å². The molecule has 0 bridgehead atoms. The summed E-state index contributed by atoms with van der Waals surface area (Å²) in [6.45, 7) is 0. The molecule has 2 N–H and O–H groups in total. The smallest absolute Gasteiger partial charge is 0.337 e. The molecule has 7 heteroatoms. The number of carbonyl (C=O) groups is 1. The molecule has 0 aliphatic carbocycles. The van der Waals surface area contributed by atoms with Crippen LogP contribution in [0.1, 0.15) is 10.4 Å². The molecule has 112 valence electrons. The number of hydrogen-bond acceptors (Lipinski definition) is 4. The van der Waals surface area contributed by atoms with Gasteiger partial charge in [0.05, 0.1) is 11.3 Å². The Hall–Kier alpha value is -2.38. The molecule has 0 atom stereocenters. The zero-order valence-corrected chi connectivity index (χ0v) is 12.8. The number of carboxylic acids is 1. The summed E-state index contributed by atoms with van der Waals surface area (Å²) >= 11 is 1.07. The summed E-state index contributed by atoms with van der Waals surface area (Å²) in [5, 5.41) is 12.5. The molecule has 0 radical (unpaired) electrons. The predicted octanol–water partition coefficient (Wildman–Crippen LogP) is 3.40. The second-order valence-corrected chi connectivity index (χ2v) is 7.44. The first-order chi connectivity index (χ1) is 10.5. The molecule has 3 rings (SSSR count). The average molecular weight is 333 g/mol. The van der Waals surface area contributed by atoms with Crippen molar-refractivity contribution in [3.63, 3.8) is 0 Å². The Kier molecular flexibility index (Phi) is 3.59. The highest BCUT2D eigenvalue weighted by atomic mass is 32.2. The summed E-state index contributed by atoms with van der Waals surface area (Å²) in [4.78, 5) is 11.4. The van der Waals surface area contributed by atoms with Crippen molar-refractivity contribution in [2.24, 2.45) is 0 Å². The number of hydrogen-bond donors (Lipinski definition) is 2. The molecule has 0 aliphatic rings. The van der Waals surface area contributed by atoms with E-state index in [2.05, 4.69) is 4.72 Å². The first-order valence-electron chi connectivity index (χ1n) is 6.30. The molecule has 0 saturated carbocycles. The Balaban J connectivity index is 2.13. The molecule has 0 fully saturated rings. The van der Waals surface area contributed by atoms with Gasteiger partial charge in [-0.25, -0.2) is 13.2 Å². The van der Waals surface area contributed by atoms with E-state index >= 15 is 0 Å². The van der Waals surface area contributed by atoms with Crippen LogP contribution < -0.4 is 4.72 Å². The molecule has 0 aliphatic heterocycles. The number of carboxylic acid groups (broad SMARTS) is 1. The van der Waals surface area contributed by atoms with E-state index < -0.39 is 16.0 Å². The maximum atomic E-state index is 12.3. The van der Waals surface area contributed by atoms with Gasteiger partial charge in [0.2, 0.25) is 0 Å². The van der Waals surface area contributed by atoms with E-state index in [1.54, 1.807) is 35.7 Å². The fourth-order valence-corrected chi connectivity index (χ4v) is 4.18. The number of fused-ring (bicyclic) bond motifs is 1. The van der Waals surface area contributed by atoms with Crippen LogP contribution in [0.25, 0.3) is 10.8 Å². The molecule has 0 spiro atoms. The molecule has 2 aromatic carbocycles. The maximum Gasteiger partial charge on any atom is 0.337 e. The number of nitrogens with one attached hydrogen (secondary N) is 1. The Morgan fingerprint density at radius 1 is 1.05 bits per heavy atom. The topological polar surface area (TPSA) is 83.5 Å². The molecule has 0 unspecified atom stereocenters. The highest BCUT2D eigenvalue weighted by molar-refractivity contribution is 7.94. The second-order valence-electron chi connectivity index (χ2n) is 4.59. The van der Waals surface area contributed by atoms with Crippen LogP contribution in [0, 0.1) is 0 Å². The Labute approximate surface area is 130 Å². The van der Waals surface area contributed by atoms with Gasteiger partial charge in [0.25, 0.3) is 10.0 Å². The summed E-state index contributed by atoms with van der Waals surface area (Å²) in [6, 6.07) is 13.3. The lowest BCUT2D eigenvalue weighted by Gasteiger charge is -2.11. The fourth-order valence-electron chi connectivity index (χ4n) is 2.11. The summed E-state index contributed by atoms with van der Waals surface area (Å²) in [5.74, 6) is -1.19. The van der Waals surface area contributed by atoms with Crippen molar-refractivity contribution in [3.8, 4) is 0 Å². The van der Waals surface area contributed by atoms with E-state index in [-0.39, 0.29) is 15.5 Å². The highest BCUT2D eigenvalue weighted by Crippen LogP contribution is 2.27. The number of aromatic carboxylic acids is 1. The SMILES string of the molecule is O=C(O)c1cc2ccccc2cc1NS(=O)(=O)c1cccs1. The lowest BCUT2D eigenvalue weighted by atomic mass is 10.1. The van der Waals surface area contributed by atoms with E-state index in [1.165, 1.54) is 18.2 Å². The van der Waals surface area contributed by atoms with Gasteiger partial charge in [0.1, 0.15) is 4.21 Å². The lowest BCUT2D eigenvalue weighted by Crippen LogP contribution is -2.14. The fraction of sp³-hybridized carbons (Fsp3) is 0. The van der Waals surface area contributed by atoms with Gasteiger partial charge in [-0.05, 0) is 34.4 Å². The molecular weight excluding hydrogens is 322 g/mol. The molecule has 3 aromatic rings. The summed E-state index contributed by atoms with van der Waals surface area (Å²) in [6.07, 6.45) is 0. The minimum absolute atomic E-state index is 0.0552. The van der Waals surface area contributed by atoms with Gasteiger partial charge in [-0.15, -0.1) is 11.3 Å².